The Hall–Kier alpha value is -1.70. The number of fused-ring (bicyclic) bond motifs is 1. The molecule has 0 atom stereocenters. The van der Waals surface area contributed by atoms with Crippen LogP contribution in [0, 0.1) is 0 Å². The van der Waals surface area contributed by atoms with E-state index in [0.717, 1.165) is 46.0 Å². The highest BCUT2D eigenvalue weighted by Crippen LogP contribution is 2.34. The van der Waals surface area contributed by atoms with Crippen LogP contribution in [0.15, 0.2) is 49.2 Å². The van der Waals surface area contributed by atoms with Gasteiger partial charge in [0, 0.05) is 10.4 Å². The SMILES string of the molecule is COc1c(Cl)cc(C=Nn2c(C3CCCCC3)nc3ccc(Br)cc3c2=O)cc1Br. The highest BCUT2D eigenvalue weighted by Gasteiger charge is 2.22. The second kappa shape index (κ2) is 9.20. The lowest BCUT2D eigenvalue weighted by molar-refractivity contribution is 0.412. The Morgan fingerprint density at radius 3 is 2.67 bits per heavy atom. The summed E-state index contributed by atoms with van der Waals surface area (Å²) in [5.41, 5.74) is 1.28. The lowest BCUT2D eigenvalue weighted by Gasteiger charge is -2.22. The van der Waals surface area contributed by atoms with E-state index in [4.69, 9.17) is 21.3 Å². The molecule has 0 unspecified atom stereocenters. The van der Waals surface area contributed by atoms with Crippen molar-refractivity contribution in [3.63, 3.8) is 0 Å². The van der Waals surface area contributed by atoms with E-state index in [9.17, 15) is 4.79 Å². The molecule has 2 aromatic carbocycles. The quantitative estimate of drug-likeness (QED) is 0.346. The molecule has 0 saturated heterocycles. The van der Waals surface area contributed by atoms with Gasteiger partial charge < -0.3 is 4.74 Å². The average molecular weight is 554 g/mol. The van der Waals surface area contributed by atoms with E-state index in [1.54, 1.807) is 25.5 Å². The Kier molecular flexibility index (Phi) is 6.60. The van der Waals surface area contributed by atoms with Crippen LogP contribution in [-0.2, 0) is 0 Å². The van der Waals surface area contributed by atoms with Gasteiger partial charge in [0.25, 0.3) is 5.56 Å². The van der Waals surface area contributed by atoms with Crippen LogP contribution >= 0.6 is 43.5 Å². The molecule has 30 heavy (non-hydrogen) atoms. The molecular formula is C22H20Br2ClN3O2. The van der Waals surface area contributed by atoms with Gasteiger partial charge in [0.2, 0.25) is 0 Å². The van der Waals surface area contributed by atoms with E-state index in [2.05, 4.69) is 37.0 Å². The Bertz CT molecular complexity index is 1160. The van der Waals surface area contributed by atoms with E-state index in [-0.39, 0.29) is 11.5 Å². The van der Waals surface area contributed by atoms with Gasteiger partial charge in [-0.1, -0.05) is 46.8 Å². The maximum Gasteiger partial charge on any atom is 0.282 e. The van der Waals surface area contributed by atoms with Gasteiger partial charge >= 0.3 is 0 Å². The number of aromatic nitrogens is 2. The molecule has 8 heteroatoms. The molecule has 5 nitrogen and oxygen atoms in total. The van der Waals surface area contributed by atoms with Crippen molar-refractivity contribution in [2.75, 3.05) is 7.11 Å². The van der Waals surface area contributed by atoms with Crippen LogP contribution in [0.5, 0.6) is 5.75 Å². The molecule has 1 aliphatic rings. The maximum atomic E-state index is 13.3. The monoisotopic (exact) mass is 551 g/mol. The summed E-state index contributed by atoms with van der Waals surface area (Å²) >= 11 is 13.2. The Balaban J connectivity index is 1.84. The third kappa shape index (κ3) is 4.34. The molecule has 0 bridgehead atoms. The fraction of sp³-hybridized carbons (Fsp3) is 0.318. The zero-order valence-electron chi connectivity index (χ0n) is 16.4. The predicted octanol–water partition coefficient (Wildman–Crippen LogP) is 6.51. The summed E-state index contributed by atoms with van der Waals surface area (Å²) in [6, 6.07) is 9.18. The molecular weight excluding hydrogens is 534 g/mol. The van der Waals surface area contributed by atoms with Crippen molar-refractivity contribution in [1.29, 1.82) is 0 Å². The topological polar surface area (TPSA) is 56.5 Å². The molecule has 0 radical (unpaired) electrons. The number of nitrogens with zero attached hydrogens (tertiary/aromatic N) is 3. The molecule has 1 aromatic heterocycles. The zero-order valence-corrected chi connectivity index (χ0v) is 20.3. The number of halogens is 3. The Morgan fingerprint density at radius 2 is 1.97 bits per heavy atom. The summed E-state index contributed by atoms with van der Waals surface area (Å²) in [6.07, 6.45) is 7.18. The van der Waals surface area contributed by atoms with Gasteiger partial charge in [-0.15, -0.1) is 0 Å². The van der Waals surface area contributed by atoms with Gasteiger partial charge in [-0.25, -0.2) is 4.98 Å². The fourth-order valence-corrected chi connectivity index (χ4v) is 5.30. The van der Waals surface area contributed by atoms with Gasteiger partial charge in [0.15, 0.2) is 5.75 Å². The first-order valence-electron chi connectivity index (χ1n) is 9.77. The van der Waals surface area contributed by atoms with E-state index in [1.807, 2.05) is 18.2 Å². The minimum absolute atomic E-state index is 0.170. The van der Waals surface area contributed by atoms with Crippen molar-refractivity contribution in [3.05, 3.63) is 66.0 Å². The first-order chi connectivity index (χ1) is 14.5. The van der Waals surface area contributed by atoms with Crippen molar-refractivity contribution in [2.45, 2.75) is 38.0 Å². The average Bonchev–Trinajstić information content (AvgIpc) is 2.74. The van der Waals surface area contributed by atoms with Crippen molar-refractivity contribution in [3.8, 4) is 5.75 Å². The molecule has 1 heterocycles. The molecule has 0 N–H and O–H groups in total. The highest BCUT2D eigenvalue weighted by atomic mass is 79.9. The van der Waals surface area contributed by atoms with Crippen LogP contribution in [0.4, 0.5) is 0 Å². The van der Waals surface area contributed by atoms with Crippen LogP contribution in [0.1, 0.15) is 49.4 Å². The molecule has 0 amide bonds. The molecule has 1 saturated carbocycles. The first kappa shape index (κ1) is 21.5. The summed E-state index contributed by atoms with van der Waals surface area (Å²) in [6.45, 7) is 0. The van der Waals surface area contributed by atoms with Crippen LogP contribution in [0.25, 0.3) is 10.9 Å². The van der Waals surface area contributed by atoms with E-state index in [0.29, 0.717) is 21.7 Å². The minimum Gasteiger partial charge on any atom is -0.494 e. The summed E-state index contributed by atoms with van der Waals surface area (Å²) in [4.78, 5) is 18.2. The van der Waals surface area contributed by atoms with Gasteiger partial charge in [-0.3, -0.25) is 4.79 Å². The zero-order chi connectivity index (χ0) is 21.3. The van der Waals surface area contributed by atoms with Crippen LogP contribution in [0.2, 0.25) is 5.02 Å². The van der Waals surface area contributed by atoms with Gasteiger partial charge in [0.05, 0.1) is 33.7 Å². The minimum atomic E-state index is -0.170. The number of benzene rings is 2. The van der Waals surface area contributed by atoms with E-state index >= 15 is 0 Å². The standard InChI is InChI=1S/C22H20Br2ClN3O2/c1-30-20-17(24)9-13(10-18(20)25)12-26-28-21(14-5-3-2-4-6-14)27-19-8-7-15(23)11-16(19)22(28)29/h7-12,14H,2-6H2,1H3. The lowest BCUT2D eigenvalue weighted by Crippen LogP contribution is -2.25. The molecule has 156 valence electrons. The molecule has 4 rings (SSSR count). The summed E-state index contributed by atoms with van der Waals surface area (Å²) in [7, 11) is 1.56. The third-order valence-corrected chi connectivity index (χ3v) is 6.71. The van der Waals surface area contributed by atoms with Gasteiger partial charge in [-0.05, 0) is 64.7 Å². The van der Waals surface area contributed by atoms with Crippen molar-refractivity contribution in [1.82, 2.24) is 9.66 Å². The lowest BCUT2D eigenvalue weighted by atomic mass is 9.88. The smallest absolute Gasteiger partial charge is 0.282 e. The largest absolute Gasteiger partial charge is 0.494 e. The second-order valence-electron chi connectivity index (χ2n) is 7.35. The normalized spacial score (nSPS) is 15.2. The number of hydrogen-bond donors (Lipinski definition) is 0. The van der Waals surface area contributed by atoms with Crippen LogP contribution in [0.3, 0.4) is 0 Å². The number of methoxy groups -OCH3 is 1. The molecule has 1 fully saturated rings. The number of rotatable bonds is 4. The van der Waals surface area contributed by atoms with E-state index < -0.39 is 0 Å². The predicted molar refractivity (Wildman–Crippen MR) is 128 cm³/mol. The van der Waals surface area contributed by atoms with Gasteiger partial charge in [-0.2, -0.15) is 9.78 Å². The van der Waals surface area contributed by atoms with Gasteiger partial charge in [0.1, 0.15) is 5.82 Å². The molecule has 3 aromatic rings. The molecule has 0 spiro atoms. The highest BCUT2D eigenvalue weighted by molar-refractivity contribution is 9.10. The molecule has 0 aliphatic heterocycles. The number of hydrogen-bond acceptors (Lipinski definition) is 4. The van der Waals surface area contributed by atoms with Crippen LogP contribution in [-0.4, -0.2) is 23.0 Å². The van der Waals surface area contributed by atoms with Crippen molar-refractivity contribution in [2.24, 2.45) is 5.10 Å². The summed E-state index contributed by atoms with van der Waals surface area (Å²) in [5, 5.41) is 5.55. The Labute approximate surface area is 196 Å². The second-order valence-corrected chi connectivity index (χ2v) is 9.52. The maximum absolute atomic E-state index is 13.3. The summed E-state index contributed by atoms with van der Waals surface area (Å²) < 4.78 is 8.29. The third-order valence-electron chi connectivity index (χ3n) is 5.35. The summed E-state index contributed by atoms with van der Waals surface area (Å²) in [5.74, 6) is 1.51. The van der Waals surface area contributed by atoms with E-state index in [1.165, 1.54) is 11.1 Å². The Morgan fingerprint density at radius 1 is 1.20 bits per heavy atom. The molecule has 1 aliphatic carbocycles. The fourth-order valence-electron chi connectivity index (χ4n) is 3.88. The van der Waals surface area contributed by atoms with Crippen LogP contribution < -0.4 is 10.3 Å². The first-order valence-corrected chi connectivity index (χ1v) is 11.7. The number of ether oxygens (including phenoxy) is 1. The van der Waals surface area contributed by atoms with Crippen molar-refractivity contribution >= 4 is 60.6 Å². The van der Waals surface area contributed by atoms with Crippen molar-refractivity contribution < 1.29 is 4.74 Å².